The fraction of sp³-hybridized carbons (Fsp3) is 0.385. The third-order valence-electron chi connectivity index (χ3n) is 2.91. The van der Waals surface area contributed by atoms with Crippen molar-refractivity contribution in [2.45, 2.75) is 32.0 Å². The lowest BCUT2D eigenvalue weighted by atomic mass is 10.0. The highest BCUT2D eigenvalue weighted by Gasteiger charge is 2.30. The Balaban J connectivity index is 2.18. The molecule has 20 heavy (non-hydrogen) atoms. The fourth-order valence-corrected chi connectivity index (χ4v) is 2.63. The van der Waals surface area contributed by atoms with E-state index in [2.05, 4.69) is 9.59 Å². The van der Waals surface area contributed by atoms with Crippen LogP contribution in [0.4, 0.5) is 13.2 Å². The molecule has 1 aromatic heterocycles. The van der Waals surface area contributed by atoms with Gasteiger partial charge in [-0.25, -0.2) is 0 Å². The molecule has 1 N–H and O–H groups in total. The van der Waals surface area contributed by atoms with E-state index in [1.54, 1.807) is 6.07 Å². The molecule has 1 aromatic carbocycles. The van der Waals surface area contributed by atoms with Crippen molar-refractivity contribution in [3.8, 4) is 0 Å². The van der Waals surface area contributed by atoms with Gasteiger partial charge in [-0.3, -0.25) is 0 Å². The molecule has 2 rings (SSSR count). The van der Waals surface area contributed by atoms with Gasteiger partial charge in [0.15, 0.2) is 0 Å². The summed E-state index contributed by atoms with van der Waals surface area (Å²) in [4.78, 5) is 0.616. The molecule has 2 aromatic rings. The minimum atomic E-state index is -4.37. The van der Waals surface area contributed by atoms with Gasteiger partial charge in [-0.15, -0.1) is 5.10 Å². The predicted molar refractivity (Wildman–Crippen MR) is 69.4 cm³/mol. The highest BCUT2D eigenvalue weighted by atomic mass is 32.1. The Morgan fingerprint density at radius 2 is 2.10 bits per heavy atom. The minimum absolute atomic E-state index is 0.112. The van der Waals surface area contributed by atoms with Gasteiger partial charge in [0.05, 0.1) is 22.2 Å². The van der Waals surface area contributed by atoms with Gasteiger partial charge in [-0.05, 0) is 29.6 Å². The second kappa shape index (κ2) is 5.88. The molecule has 3 nitrogen and oxygen atoms in total. The molecule has 7 heteroatoms. The lowest BCUT2D eigenvalue weighted by Crippen LogP contribution is -2.07. The van der Waals surface area contributed by atoms with Crippen LogP contribution in [0.1, 0.15) is 34.7 Å². The number of aryl methyl sites for hydroxylation is 1. The van der Waals surface area contributed by atoms with Crippen molar-refractivity contribution in [2.75, 3.05) is 0 Å². The average molecular weight is 302 g/mol. The van der Waals surface area contributed by atoms with Gasteiger partial charge >= 0.3 is 6.18 Å². The summed E-state index contributed by atoms with van der Waals surface area (Å²) in [5.41, 5.74) is 0.414. The average Bonchev–Trinajstić information content (AvgIpc) is 2.86. The summed E-state index contributed by atoms with van der Waals surface area (Å²) in [5, 5.41) is 14.0. The zero-order valence-corrected chi connectivity index (χ0v) is 11.5. The second-order valence-electron chi connectivity index (χ2n) is 4.36. The van der Waals surface area contributed by atoms with Crippen molar-refractivity contribution < 1.29 is 18.3 Å². The van der Waals surface area contributed by atoms with Crippen LogP contribution >= 0.6 is 11.5 Å². The van der Waals surface area contributed by atoms with Crippen molar-refractivity contribution in [2.24, 2.45) is 0 Å². The van der Waals surface area contributed by atoms with Crippen LogP contribution in [0, 0.1) is 0 Å². The Morgan fingerprint density at radius 3 is 2.75 bits per heavy atom. The van der Waals surface area contributed by atoms with Crippen LogP contribution in [-0.2, 0) is 19.0 Å². The van der Waals surface area contributed by atoms with Gasteiger partial charge in [-0.2, -0.15) is 13.2 Å². The minimum Gasteiger partial charge on any atom is -0.387 e. The van der Waals surface area contributed by atoms with Gasteiger partial charge in [0.2, 0.25) is 0 Å². The number of aromatic nitrogens is 2. The van der Waals surface area contributed by atoms with Crippen LogP contribution in [0.5, 0.6) is 0 Å². The summed E-state index contributed by atoms with van der Waals surface area (Å²) in [6, 6.07) is 4.99. The number of hydrogen-bond acceptors (Lipinski definition) is 4. The number of aliphatic hydroxyl groups excluding tert-OH is 1. The van der Waals surface area contributed by atoms with Gasteiger partial charge in [0.1, 0.15) is 0 Å². The smallest absolute Gasteiger partial charge is 0.387 e. The Hall–Kier alpha value is -1.47. The normalized spacial score (nSPS) is 13.4. The van der Waals surface area contributed by atoms with E-state index in [0.29, 0.717) is 22.6 Å². The first-order chi connectivity index (χ1) is 9.41. The molecule has 0 spiro atoms. The summed E-state index contributed by atoms with van der Waals surface area (Å²) >= 11 is 1.08. The topological polar surface area (TPSA) is 46.0 Å². The predicted octanol–water partition coefficient (Wildman–Crippen LogP) is 3.40. The summed E-state index contributed by atoms with van der Waals surface area (Å²) < 4.78 is 41.6. The van der Waals surface area contributed by atoms with Crippen molar-refractivity contribution in [3.05, 3.63) is 46.0 Å². The number of alkyl halides is 3. The number of nitrogens with zero attached hydrogens (tertiary/aromatic N) is 2. The molecule has 0 aliphatic heterocycles. The van der Waals surface area contributed by atoms with Crippen LogP contribution in [0.25, 0.3) is 0 Å². The first-order valence-electron chi connectivity index (χ1n) is 6.07. The lowest BCUT2D eigenvalue weighted by molar-refractivity contribution is -0.137. The molecule has 1 unspecified atom stereocenters. The molecule has 0 bridgehead atoms. The SMILES string of the molecule is CCc1nnsc1C(O)Cc1cccc(C(F)(F)F)c1. The van der Waals surface area contributed by atoms with Crippen molar-refractivity contribution in [1.29, 1.82) is 0 Å². The maximum Gasteiger partial charge on any atom is 0.416 e. The first-order valence-corrected chi connectivity index (χ1v) is 6.84. The van der Waals surface area contributed by atoms with Gasteiger partial charge < -0.3 is 5.11 Å². The molecule has 1 heterocycles. The third-order valence-corrected chi connectivity index (χ3v) is 3.77. The van der Waals surface area contributed by atoms with Gasteiger partial charge in [0.25, 0.3) is 0 Å². The van der Waals surface area contributed by atoms with E-state index in [1.165, 1.54) is 6.07 Å². The Kier molecular flexibility index (Phi) is 4.39. The molecule has 0 fully saturated rings. The highest BCUT2D eigenvalue weighted by Crippen LogP contribution is 2.31. The van der Waals surface area contributed by atoms with Crippen LogP contribution in [-0.4, -0.2) is 14.7 Å². The zero-order valence-electron chi connectivity index (χ0n) is 10.7. The Labute approximate surface area is 118 Å². The summed E-state index contributed by atoms with van der Waals surface area (Å²) in [6.07, 6.45) is -4.51. The Bertz CT molecular complexity index is 583. The van der Waals surface area contributed by atoms with Gasteiger partial charge in [-0.1, -0.05) is 29.6 Å². The number of aliphatic hydroxyl groups is 1. The van der Waals surface area contributed by atoms with Crippen molar-refractivity contribution in [3.63, 3.8) is 0 Å². The lowest BCUT2D eigenvalue weighted by Gasteiger charge is -2.12. The van der Waals surface area contributed by atoms with Crippen molar-refractivity contribution in [1.82, 2.24) is 9.59 Å². The quantitative estimate of drug-likeness (QED) is 0.941. The third kappa shape index (κ3) is 3.34. The van der Waals surface area contributed by atoms with Gasteiger partial charge in [0, 0.05) is 6.42 Å². The van der Waals surface area contributed by atoms with Crippen molar-refractivity contribution >= 4 is 11.5 Å². The van der Waals surface area contributed by atoms with Crippen LogP contribution in [0.2, 0.25) is 0 Å². The van der Waals surface area contributed by atoms with E-state index < -0.39 is 17.8 Å². The molecule has 0 aliphatic carbocycles. The van der Waals surface area contributed by atoms with E-state index in [0.717, 1.165) is 23.7 Å². The molecular weight excluding hydrogens is 289 g/mol. The van der Waals surface area contributed by atoms with Crippen LogP contribution in [0.3, 0.4) is 0 Å². The largest absolute Gasteiger partial charge is 0.416 e. The maximum absolute atomic E-state index is 12.6. The van der Waals surface area contributed by atoms with Crippen LogP contribution in [0.15, 0.2) is 24.3 Å². The zero-order chi connectivity index (χ0) is 14.8. The molecule has 1 atom stereocenters. The molecule has 0 radical (unpaired) electrons. The number of rotatable bonds is 4. The molecule has 0 amide bonds. The maximum atomic E-state index is 12.6. The summed E-state index contributed by atoms with van der Waals surface area (Å²) in [7, 11) is 0. The molecule has 0 saturated heterocycles. The monoisotopic (exact) mass is 302 g/mol. The number of benzene rings is 1. The first kappa shape index (κ1) is 14.9. The molecule has 0 saturated carbocycles. The standard InChI is InChI=1S/C13H13F3N2OS/c1-2-10-12(20-18-17-10)11(19)7-8-4-3-5-9(6-8)13(14,15)16/h3-6,11,19H,2,7H2,1H3. The van der Waals surface area contributed by atoms with E-state index in [4.69, 9.17) is 0 Å². The molecular formula is C13H13F3N2OS. The second-order valence-corrected chi connectivity index (χ2v) is 5.14. The van der Waals surface area contributed by atoms with E-state index in [1.807, 2.05) is 6.92 Å². The van der Waals surface area contributed by atoms with Crippen LogP contribution < -0.4 is 0 Å². The van der Waals surface area contributed by atoms with E-state index in [9.17, 15) is 18.3 Å². The fourth-order valence-electron chi connectivity index (χ4n) is 1.90. The highest BCUT2D eigenvalue weighted by molar-refractivity contribution is 7.05. The van der Waals surface area contributed by atoms with E-state index >= 15 is 0 Å². The molecule has 108 valence electrons. The number of halogens is 3. The summed E-state index contributed by atoms with van der Waals surface area (Å²) in [5.74, 6) is 0. The van der Waals surface area contributed by atoms with E-state index in [-0.39, 0.29) is 6.42 Å². The summed E-state index contributed by atoms with van der Waals surface area (Å²) in [6.45, 7) is 1.89. The number of hydrogen-bond donors (Lipinski definition) is 1. The molecule has 0 aliphatic rings. The Morgan fingerprint density at radius 1 is 1.35 bits per heavy atom.